The van der Waals surface area contributed by atoms with Crippen molar-refractivity contribution in [2.75, 3.05) is 13.2 Å². The topological polar surface area (TPSA) is 78.9 Å². The maximum atomic E-state index is 12.7. The number of ether oxygens (including phenoxy) is 3. The van der Waals surface area contributed by atoms with Gasteiger partial charge in [0.25, 0.3) is 0 Å². The summed E-state index contributed by atoms with van der Waals surface area (Å²) < 4.78 is 16.8. The Hall–Kier alpha value is -1.59. The second-order valence-electron chi connectivity index (χ2n) is 18.5. The molecule has 0 heterocycles. The Morgan fingerprint density at radius 1 is 0.362 bits per heavy atom. The first-order valence-corrected chi connectivity index (χ1v) is 25.8. The van der Waals surface area contributed by atoms with Gasteiger partial charge in [-0.15, -0.1) is 0 Å². The van der Waals surface area contributed by atoms with Gasteiger partial charge in [0.2, 0.25) is 0 Å². The van der Waals surface area contributed by atoms with Crippen LogP contribution in [0, 0.1) is 11.8 Å². The first-order valence-electron chi connectivity index (χ1n) is 25.8. The van der Waals surface area contributed by atoms with Gasteiger partial charge in [0.15, 0.2) is 6.10 Å². The molecule has 0 aliphatic heterocycles. The minimum atomic E-state index is -0.760. The third-order valence-electron chi connectivity index (χ3n) is 12.1. The van der Waals surface area contributed by atoms with E-state index in [9.17, 15) is 14.4 Å². The number of hydrogen-bond acceptors (Lipinski definition) is 6. The summed E-state index contributed by atoms with van der Waals surface area (Å²) in [4.78, 5) is 37.9. The van der Waals surface area contributed by atoms with E-state index < -0.39 is 6.10 Å². The molecule has 0 rings (SSSR count). The van der Waals surface area contributed by atoms with E-state index in [4.69, 9.17) is 14.2 Å². The van der Waals surface area contributed by atoms with E-state index in [0.717, 1.165) is 69.6 Å². The molecule has 344 valence electrons. The molecular formula is C52H100O6. The highest BCUT2D eigenvalue weighted by Gasteiger charge is 2.19. The maximum absolute atomic E-state index is 12.7. The molecule has 0 fully saturated rings. The zero-order valence-electron chi connectivity index (χ0n) is 39.7. The van der Waals surface area contributed by atoms with E-state index in [1.54, 1.807) is 0 Å². The Kier molecular flexibility index (Phi) is 43.7. The number of rotatable bonds is 46. The summed E-state index contributed by atoms with van der Waals surface area (Å²) in [6.45, 7) is 11.4. The first kappa shape index (κ1) is 56.4. The van der Waals surface area contributed by atoms with Gasteiger partial charge in [0, 0.05) is 19.3 Å². The largest absolute Gasteiger partial charge is 0.462 e. The van der Waals surface area contributed by atoms with Gasteiger partial charge in [-0.05, 0) is 31.1 Å². The van der Waals surface area contributed by atoms with Crippen molar-refractivity contribution < 1.29 is 28.6 Å². The minimum absolute atomic E-state index is 0.0639. The van der Waals surface area contributed by atoms with E-state index in [0.29, 0.717) is 19.3 Å². The molecule has 1 unspecified atom stereocenters. The van der Waals surface area contributed by atoms with Crippen molar-refractivity contribution in [2.24, 2.45) is 11.8 Å². The van der Waals surface area contributed by atoms with Gasteiger partial charge in [0.1, 0.15) is 13.2 Å². The van der Waals surface area contributed by atoms with E-state index in [2.05, 4.69) is 34.6 Å². The molecule has 0 aliphatic carbocycles. The predicted molar refractivity (Wildman–Crippen MR) is 247 cm³/mol. The van der Waals surface area contributed by atoms with Crippen LogP contribution in [0.15, 0.2) is 0 Å². The van der Waals surface area contributed by atoms with Crippen molar-refractivity contribution >= 4 is 17.9 Å². The fraction of sp³-hybridized carbons (Fsp3) is 0.942. The molecule has 0 radical (unpaired) electrons. The van der Waals surface area contributed by atoms with Crippen LogP contribution in [0.5, 0.6) is 0 Å². The summed E-state index contributed by atoms with van der Waals surface area (Å²) in [5.41, 5.74) is 0. The number of unbranched alkanes of at least 4 members (excludes halogenated alkanes) is 30. The van der Waals surface area contributed by atoms with Crippen molar-refractivity contribution in [1.82, 2.24) is 0 Å². The smallest absolute Gasteiger partial charge is 0.306 e. The summed E-state index contributed by atoms with van der Waals surface area (Å²) in [6.07, 6.45) is 45.1. The lowest BCUT2D eigenvalue weighted by Gasteiger charge is -2.18. The van der Waals surface area contributed by atoms with Crippen LogP contribution in [0.2, 0.25) is 0 Å². The molecular weight excluding hydrogens is 721 g/mol. The number of carbonyl (C=O) groups is 3. The molecule has 0 amide bonds. The molecule has 6 nitrogen and oxygen atoms in total. The quantitative estimate of drug-likeness (QED) is 0.0346. The average Bonchev–Trinajstić information content (AvgIpc) is 3.21. The lowest BCUT2D eigenvalue weighted by Crippen LogP contribution is -2.30. The van der Waals surface area contributed by atoms with Crippen LogP contribution in [0.25, 0.3) is 0 Å². The molecule has 0 bridgehead atoms. The van der Waals surface area contributed by atoms with Gasteiger partial charge in [-0.3, -0.25) is 14.4 Å². The lowest BCUT2D eigenvalue weighted by atomic mass is 9.99. The van der Waals surface area contributed by atoms with Crippen LogP contribution >= 0.6 is 0 Å². The third-order valence-corrected chi connectivity index (χ3v) is 12.1. The number of hydrogen-bond donors (Lipinski definition) is 0. The molecule has 0 aromatic heterocycles. The van der Waals surface area contributed by atoms with Crippen molar-refractivity contribution in [1.29, 1.82) is 0 Å². The van der Waals surface area contributed by atoms with Gasteiger partial charge < -0.3 is 14.2 Å². The summed E-state index contributed by atoms with van der Waals surface area (Å²) >= 11 is 0. The van der Waals surface area contributed by atoms with E-state index in [1.165, 1.54) is 173 Å². The predicted octanol–water partition coefficient (Wildman–Crippen LogP) is 16.5. The monoisotopic (exact) mass is 821 g/mol. The summed E-state index contributed by atoms with van der Waals surface area (Å²) in [5, 5.41) is 0. The van der Waals surface area contributed by atoms with Crippen LogP contribution in [0.4, 0.5) is 0 Å². The van der Waals surface area contributed by atoms with Gasteiger partial charge in [-0.1, -0.05) is 247 Å². The zero-order chi connectivity index (χ0) is 42.6. The molecule has 2 atom stereocenters. The molecule has 58 heavy (non-hydrogen) atoms. The van der Waals surface area contributed by atoms with Crippen molar-refractivity contribution in [2.45, 2.75) is 291 Å². The molecule has 0 aliphatic rings. The van der Waals surface area contributed by atoms with Crippen LogP contribution in [0.1, 0.15) is 285 Å². The molecule has 0 aromatic carbocycles. The van der Waals surface area contributed by atoms with E-state index in [1.807, 2.05) is 0 Å². The Morgan fingerprint density at radius 3 is 0.983 bits per heavy atom. The second-order valence-corrected chi connectivity index (χ2v) is 18.5. The fourth-order valence-corrected chi connectivity index (χ4v) is 7.78. The molecule has 0 aromatic rings. The summed E-state index contributed by atoms with van der Waals surface area (Å²) in [6, 6.07) is 0. The Morgan fingerprint density at radius 2 is 0.655 bits per heavy atom. The van der Waals surface area contributed by atoms with Crippen molar-refractivity contribution in [3.8, 4) is 0 Å². The fourth-order valence-electron chi connectivity index (χ4n) is 7.78. The van der Waals surface area contributed by atoms with Gasteiger partial charge in [0.05, 0.1) is 0 Å². The highest BCUT2D eigenvalue weighted by Crippen LogP contribution is 2.18. The summed E-state index contributed by atoms with van der Waals surface area (Å²) in [7, 11) is 0. The van der Waals surface area contributed by atoms with Crippen LogP contribution < -0.4 is 0 Å². The number of carbonyl (C=O) groups excluding carboxylic acids is 3. The Balaban J connectivity index is 4.24. The molecule has 6 heteroatoms. The summed E-state index contributed by atoms with van der Waals surface area (Å²) in [5.74, 6) is 0.863. The van der Waals surface area contributed by atoms with Gasteiger partial charge >= 0.3 is 17.9 Å². The van der Waals surface area contributed by atoms with Gasteiger partial charge in [-0.25, -0.2) is 0 Å². The molecule has 0 saturated heterocycles. The minimum Gasteiger partial charge on any atom is -0.462 e. The average molecular weight is 821 g/mol. The normalized spacial score (nSPS) is 12.5. The van der Waals surface area contributed by atoms with Crippen molar-refractivity contribution in [3.05, 3.63) is 0 Å². The van der Waals surface area contributed by atoms with Crippen LogP contribution in [0.3, 0.4) is 0 Å². The Bertz CT molecular complexity index is 887. The van der Waals surface area contributed by atoms with E-state index >= 15 is 0 Å². The Labute approximate surface area is 361 Å². The van der Waals surface area contributed by atoms with Gasteiger partial charge in [-0.2, -0.15) is 0 Å². The zero-order valence-corrected chi connectivity index (χ0v) is 39.7. The van der Waals surface area contributed by atoms with E-state index in [-0.39, 0.29) is 31.1 Å². The lowest BCUT2D eigenvalue weighted by molar-refractivity contribution is -0.167. The van der Waals surface area contributed by atoms with Crippen molar-refractivity contribution in [3.63, 3.8) is 0 Å². The first-order chi connectivity index (χ1) is 28.3. The second kappa shape index (κ2) is 44.9. The maximum Gasteiger partial charge on any atom is 0.306 e. The highest BCUT2D eigenvalue weighted by molar-refractivity contribution is 5.71. The molecule has 0 spiro atoms. The van der Waals surface area contributed by atoms with Crippen LogP contribution in [-0.2, 0) is 28.6 Å². The number of esters is 3. The standard InChI is InChI=1S/C52H100O6/c1-6-8-9-10-11-20-29-34-39-44-52(55)58-49(46-57-51(54)43-38-33-28-24-19-18-22-26-31-36-41-48(5)7-2)45-56-50(53)42-37-32-27-23-17-15-13-12-14-16-21-25-30-35-40-47(3)4/h47-49H,6-46H2,1-5H3/t48?,49-/m1/s1. The molecule has 0 N–H and O–H groups in total. The molecule has 0 saturated carbocycles. The highest BCUT2D eigenvalue weighted by atomic mass is 16.6. The third kappa shape index (κ3) is 44.0. The van der Waals surface area contributed by atoms with Crippen LogP contribution in [-0.4, -0.2) is 37.2 Å². The SMILES string of the molecule is CCCCCCCCCCCC(=O)O[C@H](COC(=O)CCCCCCCCCCCCCCCCC(C)C)COC(=O)CCCCCCCCCCCCC(C)CC.